The molecule has 0 atom stereocenters. The zero-order valence-corrected chi connectivity index (χ0v) is 9.19. The van der Waals surface area contributed by atoms with Crippen LogP contribution in [0.5, 0.6) is 0 Å². The van der Waals surface area contributed by atoms with E-state index in [9.17, 15) is 4.79 Å². The van der Waals surface area contributed by atoms with Crippen molar-refractivity contribution in [2.24, 2.45) is 0 Å². The first-order valence-electron chi connectivity index (χ1n) is 5.14. The van der Waals surface area contributed by atoms with E-state index >= 15 is 0 Å². The number of carbonyl (C=O) groups is 1. The van der Waals surface area contributed by atoms with E-state index in [1.54, 1.807) is 0 Å². The van der Waals surface area contributed by atoms with E-state index in [0.717, 1.165) is 11.1 Å². The highest BCUT2D eigenvalue weighted by Crippen LogP contribution is 2.18. The molecule has 0 saturated heterocycles. The van der Waals surface area contributed by atoms with Gasteiger partial charge in [-0.2, -0.15) is 0 Å². The molecule has 0 bridgehead atoms. The quantitative estimate of drug-likeness (QED) is 0.704. The predicted molar refractivity (Wildman–Crippen MR) is 61.3 cm³/mol. The molecule has 0 aliphatic heterocycles. The van der Waals surface area contributed by atoms with Crippen molar-refractivity contribution in [1.82, 2.24) is 0 Å². The summed E-state index contributed by atoms with van der Waals surface area (Å²) >= 11 is 0. The molecule has 0 aliphatic rings. The molecule has 0 heterocycles. The Bertz CT molecular complexity index is 339. The molecule has 0 fully saturated rings. The summed E-state index contributed by atoms with van der Waals surface area (Å²) in [6, 6.07) is 9.87. The summed E-state index contributed by atoms with van der Waals surface area (Å²) in [5, 5.41) is 0. The highest BCUT2D eigenvalue weighted by molar-refractivity contribution is 5.85. The molecule has 0 amide bonds. The van der Waals surface area contributed by atoms with Gasteiger partial charge >= 0.3 is 5.97 Å². The van der Waals surface area contributed by atoms with Crippen molar-refractivity contribution in [3.05, 3.63) is 42.0 Å². The Morgan fingerprint density at radius 1 is 1.33 bits per heavy atom. The monoisotopic (exact) mass is 204 g/mol. The van der Waals surface area contributed by atoms with Crippen LogP contribution in [0, 0.1) is 0 Å². The number of esters is 1. The SMILES string of the molecule is C/C=C(\CC(=O)OCC)c1ccccc1. The molecule has 0 radical (unpaired) electrons. The number of benzene rings is 1. The maximum absolute atomic E-state index is 11.3. The lowest BCUT2D eigenvalue weighted by Crippen LogP contribution is -2.04. The smallest absolute Gasteiger partial charge is 0.310 e. The molecular formula is C13H16O2. The summed E-state index contributed by atoms with van der Waals surface area (Å²) in [6.45, 7) is 4.18. The zero-order chi connectivity index (χ0) is 11.1. The summed E-state index contributed by atoms with van der Waals surface area (Å²) in [5.74, 6) is -0.172. The van der Waals surface area contributed by atoms with Gasteiger partial charge in [-0.1, -0.05) is 36.4 Å². The molecule has 1 aromatic rings. The van der Waals surface area contributed by atoms with E-state index < -0.39 is 0 Å². The molecule has 15 heavy (non-hydrogen) atoms. The normalized spacial score (nSPS) is 11.2. The minimum absolute atomic E-state index is 0.172. The van der Waals surface area contributed by atoms with Crippen LogP contribution in [0.1, 0.15) is 25.8 Å². The van der Waals surface area contributed by atoms with Gasteiger partial charge in [0, 0.05) is 0 Å². The minimum Gasteiger partial charge on any atom is -0.466 e. The van der Waals surface area contributed by atoms with Crippen LogP contribution in [0.3, 0.4) is 0 Å². The lowest BCUT2D eigenvalue weighted by atomic mass is 10.0. The van der Waals surface area contributed by atoms with Crippen LogP contribution in [0.25, 0.3) is 5.57 Å². The third-order valence-corrected chi connectivity index (χ3v) is 2.13. The third-order valence-electron chi connectivity index (χ3n) is 2.13. The molecule has 0 unspecified atom stereocenters. The molecule has 2 heteroatoms. The Labute approximate surface area is 90.6 Å². The fourth-order valence-corrected chi connectivity index (χ4v) is 1.39. The first-order valence-corrected chi connectivity index (χ1v) is 5.14. The fraction of sp³-hybridized carbons (Fsp3) is 0.308. The van der Waals surface area contributed by atoms with Gasteiger partial charge in [-0.3, -0.25) is 4.79 Å². The second-order valence-corrected chi connectivity index (χ2v) is 3.16. The Morgan fingerprint density at radius 3 is 2.53 bits per heavy atom. The maximum atomic E-state index is 11.3. The first-order chi connectivity index (χ1) is 7.27. The highest BCUT2D eigenvalue weighted by atomic mass is 16.5. The highest BCUT2D eigenvalue weighted by Gasteiger charge is 2.07. The zero-order valence-electron chi connectivity index (χ0n) is 9.19. The number of hydrogen-bond acceptors (Lipinski definition) is 2. The Balaban J connectivity index is 2.70. The first kappa shape index (κ1) is 11.5. The summed E-state index contributed by atoms with van der Waals surface area (Å²) in [4.78, 5) is 11.3. The average molecular weight is 204 g/mol. The van der Waals surface area contributed by atoms with E-state index in [1.165, 1.54) is 0 Å². The standard InChI is InChI=1S/C13H16O2/c1-3-11(10-13(14)15-4-2)12-8-6-5-7-9-12/h3,5-9H,4,10H2,1-2H3/b11-3+. The van der Waals surface area contributed by atoms with Gasteiger partial charge in [-0.15, -0.1) is 0 Å². The Hall–Kier alpha value is -1.57. The largest absolute Gasteiger partial charge is 0.466 e. The van der Waals surface area contributed by atoms with Crippen LogP contribution in [-0.2, 0) is 9.53 Å². The van der Waals surface area contributed by atoms with Crippen LogP contribution < -0.4 is 0 Å². The lowest BCUT2D eigenvalue weighted by Gasteiger charge is -2.06. The molecule has 2 nitrogen and oxygen atoms in total. The van der Waals surface area contributed by atoms with E-state index in [2.05, 4.69) is 0 Å². The van der Waals surface area contributed by atoms with Crippen molar-refractivity contribution >= 4 is 11.5 Å². The van der Waals surface area contributed by atoms with Crippen molar-refractivity contribution < 1.29 is 9.53 Å². The number of carbonyl (C=O) groups excluding carboxylic acids is 1. The number of hydrogen-bond donors (Lipinski definition) is 0. The summed E-state index contributed by atoms with van der Waals surface area (Å²) in [7, 11) is 0. The van der Waals surface area contributed by atoms with Gasteiger partial charge in [-0.25, -0.2) is 0 Å². The van der Waals surface area contributed by atoms with Crippen molar-refractivity contribution in [2.45, 2.75) is 20.3 Å². The van der Waals surface area contributed by atoms with Crippen molar-refractivity contribution in [2.75, 3.05) is 6.61 Å². The molecule has 0 aliphatic carbocycles. The van der Waals surface area contributed by atoms with E-state index in [-0.39, 0.29) is 5.97 Å². The van der Waals surface area contributed by atoms with Gasteiger partial charge in [0.05, 0.1) is 13.0 Å². The van der Waals surface area contributed by atoms with Crippen molar-refractivity contribution in [3.8, 4) is 0 Å². The van der Waals surface area contributed by atoms with Gasteiger partial charge in [-0.05, 0) is 25.0 Å². The molecule has 0 spiro atoms. The second kappa shape index (κ2) is 6.02. The second-order valence-electron chi connectivity index (χ2n) is 3.16. The summed E-state index contributed by atoms with van der Waals surface area (Å²) in [5.41, 5.74) is 2.09. The minimum atomic E-state index is -0.172. The van der Waals surface area contributed by atoms with Gasteiger partial charge in [0.1, 0.15) is 0 Å². The molecule has 80 valence electrons. The van der Waals surface area contributed by atoms with Gasteiger partial charge in [0.25, 0.3) is 0 Å². The average Bonchev–Trinajstić information content (AvgIpc) is 2.27. The lowest BCUT2D eigenvalue weighted by molar-refractivity contribution is -0.141. The number of allylic oxidation sites excluding steroid dienone is 1. The van der Waals surface area contributed by atoms with Gasteiger partial charge < -0.3 is 4.74 Å². The van der Waals surface area contributed by atoms with Crippen molar-refractivity contribution in [1.29, 1.82) is 0 Å². The summed E-state index contributed by atoms with van der Waals surface area (Å²) in [6.07, 6.45) is 2.29. The van der Waals surface area contributed by atoms with Crippen molar-refractivity contribution in [3.63, 3.8) is 0 Å². The number of ether oxygens (including phenoxy) is 1. The topological polar surface area (TPSA) is 26.3 Å². The third kappa shape index (κ3) is 3.58. The van der Waals surface area contributed by atoms with Crippen LogP contribution >= 0.6 is 0 Å². The fourth-order valence-electron chi connectivity index (χ4n) is 1.39. The number of rotatable bonds is 4. The van der Waals surface area contributed by atoms with Crippen LogP contribution in [0.15, 0.2) is 36.4 Å². The maximum Gasteiger partial charge on any atom is 0.310 e. The van der Waals surface area contributed by atoms with Gasteiger partial charge in [0.15, 0.2) is 0 Å². The molecule has 0 aromatic heterocycles. The van der Waals surface area contributed by atoms with E-state index in [1.807, 2.05) is 50.3 Å². The predicted octanol–water partition coefficient (Wildman–Crippen LogP) is 3.04. The Kier molecular flexibility index (Phi) is 4.61. The van der Waals surface area contributed by atoms with Gasteiger partial charge in [0.2, 0.25) is 0 Å². The van der Waals surface area contributed by atoms with E-state index in [0.29, 0.717) is 13.0 Å². The Morgan fingerprint density at radius 2 is 2.00 bits per heavy atom. The molecular weight excluding hydrogens is 188 g/mol. The van der Waals surface area contributed by atoms with E-state index in [4.69, 9.17) is 4.74 Å². The van der Waals surface area contributed by atoms with Crippen LogP contribution in [0.2, 0.25) is 0 Å². The molecule has 1 aromatic carbocycles. The van der Waals surface area contributed by atoms with Crippen LogP contribution in [-0.4, -0.2) is 12.6 Å². The summed E-state index contributed by atoms with van der Waals surface area (Å²) < 4.78 is 4.92. The molecule has 1 rings (SSSR count). The molecule has 0 N–H and O–H groups in total. The molecule has 0 saturated carbocycles. The van der Waals surface area contributed by atoms with Crippen LogP contribution in [0.4, 0.5) is 0 Å².